The highest BCUT2D eigenvalue weighted by molar-refractivity contribution is 5.87. The van der Waals surface area contributed by atoms with Crippen LogP contribution in [0.25, 0.3) is 22.5 Å². The predicted molar refractivity (Wildman–Crippen MR) is 135 cm³/mol. The fourth-order valence-electron chi connectivity index (χ4n) is 4.21. The van der Waals surface area contributed by atoms with Gasteiger partial charge in [-0.05, 0) is 34.7 Å². The SMILES string of the molecule is CCNC(=O)Oc1noc(-c2cc(C(C)(C)C)c(O)cc2O)c1-c1ccc(CN2CCOCC2)cc1. The van der Waals surface area contributed by atoms with Crippen LogP contribution in [-0.2, 0) is 16.7 Å². The van der Waals surface area contributed by atoms with Crippen molar-refractivity contribution in [2.45, 2.75) is 39.7 Å². The predicted octanol–water partition coefficient (Wildman–Crippen LogP) is 4.66. The van der Waals surface area contributed by atoms with Crippen LogP contribution in [0, 0.1) is 0 Å². The summed E-state index contributed by atoms with van der Waals surface area (Å²) in [5.41, 5.74) is 2.84. The number of morpholine rings is 1. The minimum absolute atomic E-state index is 0.0123. The highest BCUT2D eigenvalue weighted by Gasteiger charge is 2.28. The lowest BCUT2D eigenvalue weighted by molar-refractivity contribution is 0.0342. The minimum Gasteiger partial charge on any atom is -0.508 e. The van der Waals surface area contributed by atoms with Gasteiger partial charge in [0.15, 0.2) is 5.76 Å². The van der Waals surface area contributed by atoms with E-state index in [1.54, 1.807) is 13.0 Å². The number of aromatic hydroxyl groups is 2. The van der Waals surface area contributed by atoms with Crippen molar-refractivity contribution in [1.82, 2.24) is 15.4 Å². The van der Waals surface area contributed by atoms with Crippen molar-refractivity contribution in [3.05, 3.63) is 47.5 Å². The van der Waals surface area contributed by atoms with Gasteiger partial charge in [0.05, 0.1) is 24.3 Å². The zero-order valence-corrected chi connectivity index (χ0v) is 21.1. The summed E-state index contributed by atoms with van der Waals surface area (Å²) in [6.07, 6.45) is -0.659. The van der Waals surface area contributed by atoms with Crippen molar-refractivity contribution in [3.8, 4) is 39.8 Å². The van der Waals surface area contributed by atoms with E-state index in [2.05, 4.69) is 15.4 Å². The number of amides is 1. The highest BCUT2D eigenvalue weighted by Crippen LogP contribution is 2.46. The normalized spacial score (nSPS) is 14.6. The molecule has 0 spiro atoms. The Morgan fingerprint density at radius 1 is 1.11 bits per heavy atom. The van der Waals surface area contributed by atoms with E-state index in [4.69, 9.17) is 14.0 Å². The van der Waals surface area contributed by atoms with Crippen LogP contribution in [0.15, 0.2) is 40.9 Å². The van der Waals surface area contributed by atoms with Gasteiger partial charge < -0.3 is 29.5 Å². The summed E-state index contributed by atoms with van der Waals surface area (Å²) in [4.78, 5) is 14.5. The second-order valence-electron chi connectivity index (χ2n) is 9.83. The van der Waals surface area contributed by atoms with E-state index in [-0.39, 0.29) is 23.1 Å². The summed E-state index contributed by atoms with van der Waals surface area (Å²) in [6, 6.07) is 10.8. The Morgan fingerprint density at radius 3 is 2.44 bits per heavy atom. The Kier molecular flexibility index (Phi) is 7.51. The summed E-state index contributed by atoms with van der Waals surface area (Å²) in [7, 11) is 0. The molecule has 0 unspecified atom stereocenters. The van der Waals surface area contributed by atoms with E-state index < -0.39 is 11.5 Å². The molecule has 36 heavy (non-hydrogen) atoms. The van der Waals surface area contributed by atoms with E-state index in [1.165, 1.54) is 6.07 Å². The molecule has 1 fully saturated rings. The monoisotopic (exact) mass is 495 g/mol. The van der Waals surface area contributed by atoms with Crippen molar-refractivity contribution in [1.29, 1.82) is 0 Å². The number of hydrogen-bond acceptors (Lipinski definition) is 8. The first-order valence-electron chi connectivity index (χ1n) is 12.1. The summed E-state index contributed by atoms with van der Waals surface area (Å²) < 4.78 is 16.5. The fraction of sp³-hybridized carbons (Fsp3) is 0.407. The number of nitrogens with zero attached hydrogens (tertiary/aromatic N) is 2. The molecule has 1 aliphatic heterocycles. The van der Waals surface area contributed by atoms with Crippen LogP contribution >= 0.6 is 0 Å². The third kappa shape index (κ3) is 5.63. The van der Waals surface area contributed by atoms with Crippen LogP contribution in [0.5, 0.6) is 17.4 Å². The molecule has 2 aromatic carbocycles. The molecule has 0 bridgehead atoms. The van der Waals surface area contributed by atoms with Gasteiger partial charge in [-0.1, -0.05) is 45.0 Å². The average molecular weight is 496 g/mol. The molecule has 0 atom stereocenters. The minimum atomic E-state index is -0.659. The first-order valence-corrected chi connectivity index (χ1v) is 12.1. The molecule has 1 saturated heterocycles. The number of ether oxygens (including phenoxy) is 2. The first-order chi connectivity index (χ1) is 17.2. The molecule has 3 aromatic rings. The third-order valence-electron chi connectivity index (χ3n) is 6.09. The van der Waals surface area contributed by atoms with Crippen LogP contribution < -0.4 is 10.1 Å². The number of nitrogens with one attached hydrogen (secondary N) is 1. The van der Waals surface area contributed by atoms with E-state index in [0.717, 1.165) is 38.4 Å². The molecule has 4 rings (SSSR count). The van der Waals surface area contributed by atoms with Gasteiger partial charge in [-0.3, -0.25) is 4.90 Å². The topological polar surface area (TPSA) is 117 Å². The van der Waals surface area contributed by atoms with Gasteiger partial charge in [-0.15, -0.1) is 0 Å². The van der Waals surface area contributed by atoms with E-state index in [1.807, 2.05) is 45.0 Å². The molecule has 1 amide bonds. The molecule has 192 valence electrons. The highest BCUT2D eigenvalue weighted by atomic mass is 16.6. The second kappa shape index (κ2) is 10.6. The number of rotatable bonds is 6. The van der Waals surface area contributed by atoms with E-state index in [9.17, 15) is 15.0 Å². The van der Waals surface area contributed by atoms with Gasteiger partial charge in [-0.2, -0.15) is 0 Å². The summed E-state index contributed by atoms with van der Waals surface area (Å²) in [5, 5.41) is 27.8. The number of aromatic nitrogens is 1. The number of benzene rings is 2. The number of phenolic OH excluding ortho intramolecular Hbond substituents is 2. The van der Waals surface area contributed by atoms with Gasteiger partial charge in [0.25, 0.3) is 5.88 Å². The van der Waals surface area contributed by atoms with Gasteiger partial charge in [-0.25, -0.2) is 4.79 Å². The van der Waals surface area contributed by atoms with Crippen LogP contribution in [0.3, 0.4) is 0 Å². The zero-order chi connectivity index (χ0) is 25.9. The smallest absolute Gasteiger partial charge is 0.414 e. The summed E-state index contributed by atoms with van der Waals surface area (Å²) in [6.45, 7) is 12.1. The molecule has 9 heteroatoms. The lowest BCUT2D eigenvalue weighted by Crippen LogP contribution is -2.35. The van der Waals surface area contributed by atoms with Crippen molar-refractivity contribution in [2.24, 2.45) is 0 Å². The standard InChI is InChI=1S/C27H33N3O6/c1-5-28-26(33)35-25-23(18-8-6-17(7-9-18)16-30-10-12-34-13-11-30)24(36-29-25)19-14-20(27(2,3)4)22(32)15-21(19)31/h6-9,14-15,31-32H,5,10-13,16H2,1-4H3,(H,28,33). The fourth-order valence-corrected chi connectivity index (χ4v) is 4.21. The molecular formula is C27H33N3O6. The molecule has 1 aromatic heterocycles. The van der Waals surface area contributed by atoms with E-state index in [0.29, 0.717) is 28.8 Å². The first kappa shape index (κ1) is 25.5. The number of hydrogen-bond donors (Lipinski definition) is 3. The molecule has 2 heterocycles. The zero-order valence-electron chi connectivity index (χ0n) is 21.1. The number of carbonyl (C=O) groups is 1. The molecular weight excluding hydrogens is 462 g/mol. The molecule has 0 saturated carbocycles. The van der Waals surface area contributed by atoms with Crippen LogP contribution in [-0.4, -0.2) is 59.2 Å². The Labute approximate surface area is 210 Å². The molecule has 3 N–H and O–H groups in total. The van der Waals surface area contributed by atoms with Crippen molar-refractivity contribution in [3.63, 3.8) is 0 Å². The quantitative estimate of drug-likeness (QED) is 0.452. The summed E-state index contributed by atoms with van der Waals surface area (Å²) >= 11 is 0. The number of phenols is 2. The Balaban J connectivity index is 1.76. The van der Waals surface area contributed by atoms with Crippen LogP contribution in [0.1, 0.15) is 38.8 Å². The number of carbonyl (C=O) groups excluding carboxylic acids is 1. The van der Waals surface area contributed by atoms with Crippen LogP contribution in [0.4, 0.5) is 4.79 Å². The van der Waals surface area contributed by atoms with Crippen LogP contribution in [0.2, 0.25) is 0 Å². The van der Waals surface area contributed by atoms with Gasteiger partial charge in [0.1, 0.15) is 11.5 Å². The Hall–Kier alpha value is -3.56. The Morgan fingerprint density at radius 2 is 1.81 bits per heavy atom. The maximum Gasteiger partial charge on any atom is 0.414 e. The molecule has 9 nitrogen and oxygen atoms in total. The van der Waals surface area contributed by atoms with Crippen molar-refractivity contribution < 1.29 is 29.0 Å². The lowest BCUT2D eigenvalue weighted by atomic mass is 9.84. The maximum atomic E-state index is 12.2. The van der Waals surface area contributed by atoms with E-state index >= 15 is 0 Å². The summed E-state index contributed by atoms with van der Waals surface area (Å²) in [5.74, 6) is 0.0300. The average Bonchev–Trinajstić information content (AvgIpc) is 3.22. The van der Waals surface area contributed by atoms with Gasteiger partial charge in [0.2, 0.25) is 0 Å². The van der Waals surface area contributed by atoms with Gasteiger partial charge >= 0.3 is 6.09 Å². The second-order valence-corrected chi connectivity index (χ2v) is 9.83. The Bertz CT molecular complexity index is 1210. The lowest BCUT2D eigenvalue weighted by Gasteiger charge is -2.26. The maximum absolute atomic E-state index is 12.2. The molecule has 1 aliphatic rings. The molecule has 0 radical (unpaired) electrons. The van der Waals surface area contributed by atoms with Crippen molar-refractivity contribution in [2.75, 3.05) is 32.8 Å². The molecule has 0 aliphatic carbocycles. The largest absolute Gasteiger partial charge is 0.508 e. The third-order valence-corrected chi connectivity index (χ3v) is 6.09. The van der Waals surface area contributed by atoms with Crippen molar-refractivity contribution >= 4 is 6.09 Å². The van der Waals surface area contributed by atoms with Gasteiger partial charge in [0, 0.05) is 37.8 Å².